The molecule has 0 aliphatic carbocycles. The smallest absolute Gasteiger partial charge is 0.210 e. The van der Waals surface area contributed by atoms with Gasteiger partial charge in [0.25, 0.3) is 0 Å². The van der Waals surface area contributed by atoms with E-state index in [9.17, 15) is 8.42 Å². The molecule has 0 saturated carbocycles. The molecule has 0 aromatic heterocycles. The minimum Gasteiger partial charge on any atom is -0.213 e. The van der Waals surface area contributed by atoms with E-state index in [1.54, 1.807) is 18.8 Å². The number of hydrogen-bond acceptors (Lipinski definition) is 3. The second-order valence-electron chi connectivity index (χ2n) is 2.08. The number of sulfonamides is 1. The zero-order valence-corrected chi connectivity index (χ0v) is 8.13. The molecular formula is C5H13NO2S2. The molecule has 0 saturated heterocycles. The number of rotatable bonds is 4. The lowest BCUT2D eigenvalue weighted by atomic mass is 10.8. The first-order chi connectivity index (χ1) is 4.48. The lowest BCUT2D eigenvalue weighted by molar-refractivity contribution is 0.494. The van der Waals surface area contributed by atoms with Crippen LogP contribution < -0.4 is 0 Å². The Morgan fingerprint density at radius 1 is 1.50 bits per heavy atom. The van der Waals surface area contributed by atoms with E-state index < -0.39 is 10.0 Å². The van der Waals surface area contributed by atoms with Crippen LogP contribution >= 0.6 is 11.8 Å². The predicted octanol–water partition coefficient (Wildman–Crippen LogP) is 0.241. The van der Waals surface area contributed by atoms with Gasteiger partial charge in [0.05, 0.1) is 6.26 Å². The summed E-state index contributed by atoms with van der Waals surface area (Å²) in [5, 5.41) is 0. The SMILES string of the molecule is CSCCN(C)S(C)(=O)=O. The first-order valence-corrected chi connectivity index (χ1v) is 6.13. The van der Waals surface area contributed by atoms with Gasteiger partial charge in [0.15, 0.2) is 0 Å². The zero-order chi connectivity index (χ0) is 8.20. The van der Waals surface area contributed by atoms with Crippen molar-refractivity contribution in [1.82, 2.24) is 4.31 Å². The fraction of sp³-hybridized carbons (Fsp3) is 1.00. The van der Waals surface area contributed by atoms with E-state index in [1.807, 2.05) is 6.26 Å². The lowest BCUT2D eigenvalue weighted by Gasteiger charge is -2.11. The summed E-state index contributed by atoms with van der Waals surface area (Å²) in [5.41, 5.74) is 0. The van der Waals surface area contributed by atoms with E-state index >= 15 is 0 Å². The van der Waals surface area contributed by atoms with Gasteiger partial charge in [-0.1, -0.05) is 0 Å². The summed E-state index contributed by atoms with van der Waals surface area (Å²) in [5.74, 6) is 0.851. The molecule has 10 heavy (non-hydrogen) atoms. The Morgan fingerprint density at radius 2 is 2.00 bits per heavy atom. The molecule has 0 atom stereocenters. The van der Waals surface area contributed by atoms with Crippen LogP contribution in [0.5, 0.6) is 0 Å². The maximum Gasteiger partial charge on any atom is 0.210 e. The monoisotopic (exact) mass is 183 g/mol. The topological polar surface area (TPSA) is 37.4 Å². The molecule has 0 amide bonds. The van der Waals surface area contributed by atoms with Crippen molar-refractivity contribution in [1.29, 1.82) is 0 Å². The van der Waals surface area contributed by atoms with Crippen molar-refractivity contribution in [3.8, 4) is 0 Å². The molecule has 0 N–H and O–H groups in total. The van der Waals surface area contributed by atoms with Crippen LogP contribution in [0.4, 0.5) is 0 Å². The molecule has 0 radical (unpaired) electrons. The van der Waals surface area contributed by atoms with Crippen LogP contribution in [-0.4, -0.2) is 44.6 Å². The third kappa shape index (κ3) is 4.14. The average Bonchev–Trinajstić information content (AvgIpc) is 1.80. The van der Waals surface area contributed by atoms with Crippen molar-refractivity contribution < 1.29 is 8.42 Å². The maximum absolute atomic E-state index is 10.8. The van der Waals surface area contributed by atoms with Crippen molar-refractivity contribution in [3.05, 3.63) is 0 Å². The van der Waals surface area contributed by atoms with Crippen molar-refractivity contribution in [3.63, 3.8) is 0 Å². The summed E-state index contributed by atoms with van der Waals surface area (Å²) < 4.78 is 22.9. The summed E-state index contributed by atoms with van der Waals surface area (Å²) in [4.78, 5) is 0. The molecule has 0 spiro atoms. The first-order valence-electron chi connectivity index (χ1n) is 2.88. The molecule has 0 aromatic carbocycles. The Hall–Kier alpha value is 0.260. The minimum absolute atomic E-state index is 0.597. The van der Waals surface area contributed by atoms with Crippen LogP contribution in [0.25, 0.3) is 0 Å². The number of hydrogen-bond donors (Lipinski definition) is 0. The van der Waals surface area contributed by atoms with Crippen molar-refractivity contribution in [2.45, 2.75) is 0 Å². The number of thioether (sulfide) groups is 1. The first kappa shape index (κ1) is 10.3. The van der Waals surface area contributed by atoms with Gasteiger partial charge < -0.3 is 0 Å². The molecule has 0 aliphatic heterocycles. The van der Waals surface area contributed by atoms with E-state index in [0.29, 0.717) is 6.54 Å². The summed E-state index contributed by atoms with van der Waals surface area (Å²) >= 11 is 1.64. The van der Waals surface area contributed by atoms with Gasteiger partial charge in [-0.2, -0.15) is 11.8 Å². The van der Waals surface area contributed by atoms with Gasteiger partial charge in [-0.3, -0.25) is 0 Å². The molecule has 0 aliphatic rings. The fourth-order valence-electron chi connectivity index (χ4n) is 0.386. The Labute approximate surface area is 66.8 Å². The highest BCUT2D eigenvalue weighted by Crippen LogP contribution is 1.96. The van der Waals surface area contributed by atoms with Crippen LogP contribution in [0.2, 0.25) is 0 Å². The predicted molar refractivity (Wildman–Crippen MR) is 45.9 cm³/mol. The molecule has 62 valence electrons. The molecule has 0 fully saturated rings. The molecule has 0 bridgehead atoms. The normalized spacial score (nSPS) is 12.4. The van der Waals surface area contributed by atoms with Gasteiger partial charge >= 0.3 is 0 Å². The molecule has 0 aromatic rings. The number of nitrogens with zero attached hydrogens (tertiary/aromatic N) is 1. The standard InChI is InChI=1S/C5H13NO2S2/c1-6(4-5-9-2)10(3,7)8/h4-5H2,1-3H3. The molecule has 5 heteroatoms. The maximum atomic E-state index is 10.8. The highest BCUT2D eigenvalue weighted by molar-refractivity contribution is 7.98. The van der Waals surface area contributed by atoms with E-state index in [-0.39, 0.29) is 0 Å². The Morgan fingerprint density at radius 3 is 2.30 bits per heavy atom. The largest absolute Gasteiger partial charge is 0.213 e. The van der Waals surface area contributed by atoms with Crippen LogP contribution in [0.15, 0.2) is 0 Å². The van der Waals surface area contributed by atoms with Crippen molar-refractivity contribution >= 4 is 21.8 Å². The molecular weight excluding hydrogens is 170 g/mol. The second-order valence-corrected chi connectivity index (χ2v) is 5.15. The van der Waals surface area contributed by atoms with E-state index in [2.05, 4.69) is 0 Å². The van der Waals surface area contributed by atoms with Crippen LogP contribution in [-0.2, 0) is 10.0 Å². The van der Waals surface area contributed by atoms with Gasteiger partial charge in [-0.25, -0.2) is 12.7 Å². The average molecular weight is 183 g/mol. The van der Waals surface area contributed by atoms with Gasteiger partial charge in [-0.05, 0) is 6.26 Å². The minimum atomic E-state index is -2.96. The van der Waals surface area contributed by atoms with Gasteiger partial charge in [-0.15, -0.1) is 0 Å². The van der Waals surface area contributed by atoms with E-state index in [4.69, 9.17) is 0 Å². The van der Waals surface area contributed by atoms with Gasteiger partial charge in [0.2, 0.25) is 10.0 Å². The van der Waals surface area contributed by atoms with E-state index in [1.165, 1.54) is 10.6 Å². The summed E-state index contributed by atoms with van der Waals surface area (Å²) in [6.07, 6.45) is 3.17. The molecule has 0 unspecified atom stereocenters. The summed E-state index contributed by atoms with van der Waals surface area (Å²) in [6.45, 7) is 0.597. The van der Waals surface area contributed by atoms with E-state index in [0.717, 1.165) is 5.75 Å². The zero-order valence-electron chi connectivity index (χ0n) is 6.49. The Bertz CT molecular complexity index is 176. The van der Waals surface area contributed by atoms with Gasteiger partial charge in [0.1, 0.15) is 0 Å². The van der Waals surface area contributed by atoms with Crippen LogP contribution in [0.3, 0.4) is 0 Å². The van der Waals surface area contributed by atoms with Crippen LogP contribution in [0.1, 0.15) is 0 Å². The third-order valence-corrected chi connectivity index (χ3v) is 3.08. The van der Waals surface area contributed by atoms with Gasteiger partial charge in [0, 0.05) is 19.3 Å². The quantitative estimate of drug-likeness (QED) is 0.626. The van der Waals surface area contributed by atoms with Crippen LogP contribution in [0, 0.1) is 0 Å². The lowest BCUT2D eigenvalue weighted by Crippen LogP contribution is -2.27. The Kier molecular flexibility index (Phi) is 4.31. The van der Waals surface area contributed by atoms with Crippen molar-refractivity contribution in [2.24, 2.45) is 0 Å². The molecule has 0 rings (SSSR count). The molecule has 0 heterocycles. The highest BCUT2D eigenvalue weighted by atomic mass is 32.2. The third-order valence-electron chi connectivity index (χ3n) is 1.18. The highest BCUT2D eigenvalue weighted by Gasteiger charge is 2.08. The Balaban J connectivity index is 3.75. The molecule has 3 nitrogen and oxygen atoms in total. The fourth-order valence-corrected chi connectivity index (χ4v) is 1.38. The van der Waals surface area contributed by atoms with Crippen molar-refractivity contribution in [2.75, 3.05) is 31.9 Å². The summed E-state index contributed by atoms with van der Waals surface area (Å²) in [7, 11) is -1.37. The summed E-state index contributed by atoms with van der Waals surface area (Å²) in [6, 6.07) is 0. The second kappa shape index (κ2) is 4.20.